The van der Waals surface area contributed by atoms with Gasteiger partial charge in [0.05, 0.1) is 5.56 Å². The molecule has 2 N–H and O–H groups in total. The zero-order valence-electron chi connectivity index (χ0n) is 13.1. The Kier molecular flexibility index (Phi) is 4.41. The maximum absolute atomic E-state index is 11.1. The fraction of sp³-hybridized carbons (Fsp3) is 0.353. The van der Waals surface area contributed by atoms with Crippen molar-refractivity contribution >= 4 is 23.3 Å². The first-order chi connectivity index (χ1) is 11.1. The molecule has 1 aromatic carbocycles. The van der Waals surface area contributed by atoms with Gasteiger partial charge in [0.15, 0.2) is 0 Å². The number of rotatable bonds is 4. The molecule has 6 nitrogen and oxygen atoms in total. The van der Waals surface area contributed by atoms with Crippen LogP contribution in [0.25, 0.3) is 0 Å². The Morgan fingerprint density at radius 1 is 1.17 bits per heavy atom. The zero-order chi connectivity index (χ0) is 16.2. The van der Waals surface area contributed by atoms with Crippen LogP contribution in [-0.2, 0) is 0 Å². The van der Waals surface area contributed by atoms with Crippen molar-refractivity contribution in [1.29, 1.82) is 0 Å². The summed E-state index contributed by atoms with van der Waals surface area (Å²) < 4.78 is 0. The average molecular weight is 312 g/mol. The van der Waals surface area contributed by atoms with Crippen molar-refractivity contribution in [2.45, 2.75) is 26.2 Å². The standard InChI is InChI=1S/C17H20N4O2/c1-12-18-15(11-16(19-12)21-8-3-2-4-9-21)20-14-7-5-6-13(10-14)17(22)23/h5-7,10-11H,2-4,8-9H2,1H3,(H,22,23)(H,18,19,20). The van der Waals surface area contributed by atoms with Gasteiger partial charge in [-0.2, -0.15) is 0 Å². The molecule has 0 atom stereocenters. The first kappa shape index (κ1) is 15.3. The molecule has 0 spiro atoms. The number of aromatic carboxylic acids is 1. The molecule has 2 aromatic rings. The fourth-order valence-corrected chi connectivity index (χ4v) is 2.78. The molecule has 0 aliphatic carbocycles. The minimum absolute atomic E-state index is 0.247. The van der Waals surface area contributed by atoms with Gasteiger partial charge < -0.3 is 15.3 Å². The number of aromatic nitrogens is 2. The van der Waals surface area contributed by atoms with Gasteiger partial charge in [-0.3, -0.25) is 0 Å². The van der Waals surface area contributed by atoms with Crippen LogP contribution < -0.4 is 10.2 Å². The second kappa shape index (κ2) is 6.64. The average Bonchev–Trinajstić information content (AvgIpc) is 2.55. The van der Waals surface area contributed by atoms with Crippen molar-refractivity contribution in [1.82, 2.24) is 9.97 Å². The second-order valence-electron chi connectivity index (χ2n) is 5.72. The summed E-state index contributed by atoms with van der Waals surface area (Å²) in [7, 11) is 0. The Morgan fingerprint density at radius 3 is 2.70 bits per heavy atom. The number of benzene rings is 1. The highest BCUT2D eigenvalue weighted by atomic mass is 16.4. The molecule has 0 bridgehead atoms. The predicted octanol–water partition coefficient (Wildman–Crippen LogP) is 3.22. The van der Waals surface area contributed by atoms with E-state index in [9.17, 15) is 4.79 Å². The first-order valence-corrected chi connectivity index (χ1v) is 7.83. The van der Waals surface area contributed by atoms with E-state index in [1.807, 2.05) is 19.1 Å². The van der Waals surface area contributed by atoms with E-state index in [0.29, 0.717) is 17.3 Å². The summed E-state index contributed by atoms with van der Waals surface area (Å²) in [5.41, 5.74) is 0.949. The molecular formula is C17H20N4O2. The number of hydrogen-bond donors (Lipinski definition) is 2. The van der Waals surface area contributed by atoms with Crippen LogP contribution in [0, 0.1) is 6.92 Å². The Morgan fingerprint density at radius 2 is 1.96 bits per heavy atom. The summed E-state index contributed by atoms with van der Waals surface area (Å²) in [6.45, 7) is 3.90. The molecule has 0 unspecified atom stereocenters. The van der Waals surface area contributed by atoms with Crippen LogP contribution in [0.2, 0.25) is 0 Å². The zero-order valence-corrected chi connectivity index (χ0v) is 13.1. The minimum atomic E-state index is -0.943. The van der Waals surface area contributed by atoms with Gasteiger partial charge in [-0.15, -0.1) is 0 Å². The highest BCUT2D eigenvalue weighted by Gasteiger charge is 2.14. The van der Waals surface area contributed by atoms with E-state index in [-0.39, 0.29) is 5.56 Å². The van der Waals surface area contributed by atoms with Gasteiger partial charge in [-0.05, 0) is 44.4 Å². The van der Waals surface area contributed by atoms with E-state index in [4.69, 9.17) is 5.11 Å². The monoisotopic (exact) mass is 312 g/mol. The van der Waals surface area contributed by atoms with Crippen LogP contribution in [0.3, 0.4) is 0 Å². The molecule has 6 heteroatoms. The van der Waals surface area contributed by atoms with E-state index in [1.54, 1.807) is 18.2 Å². The van der Waals surface area contributed by atoms with Crippen LogP contribution in [0.15, 0.2) is 30.3 Å². The molecule has 0 saturated carbocycles. The lowest BCUT2D eigenvalue weighted by Crippen LogP contribution is -2.30. The van der Waals surface area contributed by atoms with E-state index in [2.05, 4.69) is 20.2 Å². The lowest BCUT2D eigenvalue weighted by atomic mass is 10.1. The van der Waals surface area contributed by atoms with Gasteiger partial charge in [0.1, 0.15) is 17.5 Å². The Hall–Kier alpha value is -2.63. The van der Waals surface area contributed by atoms with Crippen LogP contribution in [0.5, 0.6) is 0 Å². The van der Waals surface area contributed by atoms with Crippen molar-refractivity contribution in [2.75, 3.05) is 23.3 Å². The van der Waals surface area contributed by atoms with E-state index in [1.165, 1.54) is 19.3 Å². The largest absolute Gasteiger partial charge is 0.478 e. The Labute approximate surface area is 135 Å². The second-order valence-corrected chi connectivity index (χ2v) is 5.72. The van der Waals surface area contributed by atoms with Gasteiger partial charge in [-0.1, -0.05) is 6.07 Å². The van der Waals surface area contributed by atoms with Crippen molar-refractivity contribution < 1.29 is 9.90 Å². The number of hydrogen-bond acceptors (Lipinski definition) is 5. The normalized spacial score (nSPS) is 14.6. The smallest absolute Gasteiger partial charge is 0.335 e. The van der Waals surface area contributed by atoms with E-state index in [0.717, 1.165) is 18.9 Å². The van der Waals surface area contributed by atoms with Gasteiger partial charge >= 0.3 is 5.97 Å². The number of nitrogens with one attached hydrogen (secondary N) is 1. The van der Waals surface area contributed by atoms with Crippen LogP contribution >= 0.6 is 0 Å². The molecule has 0 amide bonds. The van der Waals surface area contributed by atoms with Crippen molar-refractivity contribution in [2.24, 2.45) is 0 Å². The Balaban J connectivity index is 1.83. The molecule has 1 aliphatic heterocycles. The lowest BCUT2D eigenvalue weighted by Gasteiger charge is -2.28. The first-order valence-electron chi connectivity index (χ1n) is 7.83. The molecule has 2 heterocycles. The third kappa shape index (κ3) is 3.77. The van der Waals surface area contributed by atoms with E-state index >= 15 is 0 Å². The highest BCUT2D eigenvalue weighted by molar-refractivity contribution is 5.89. The quantitative estimate of drug-likeness (QED) is 0.902. The summed E-state index contributed by atoms with van der Waals surface area (Å²) in [5, 5.41) is 12.3. The molecular weight excluding hydrogens is 292 g/mol. The topological polar surface area (TPSA) is 78.3 Å². The van der Waals surface area contributed by atoms with Crippen molar-refractivity contribution in [3.05, 3.63) is 41.7 Å². The maximum atomic E-state index is 11.1. The number of aryl methyl sites for hydroxylation is 1. The van der Waals surface area contributed by atoms with Gasteiger partial charge in [-0.25, -0.2) is 14.8 Å². The molecule has 23 heavy (non-hydrogen) atoms. The number of carbonyl (C=O) groups is 1. The minimum Gasteiger partial charge on any atom is -0.478 e. The Bertz CT molecular complexity index is 711. The third-order valence-corrected chi connectivity index (χ3v) is 3.89. The molecule has 120 valence electrons. The van der Waals surface area contributed by atoms with Gasteiger partial charge in [0.2, 0.25) is 0 Å². The number of carboxylic acid groups (broad SMARTS) is 1. The predicted molar refractivity (Wildman–Crippen MR) is 89.5 cm³/mol. The molecule has 0 radical (unpaired) electrons. The van der Waals surface area contributed by atoms with Crippen LogP contribution in [0.4, 0.5) is 17.3 Å². The SMILES string of the molecule is Cc1nc(Nc2cccc(C(=O)O)c2)cc(N2CCCCC2)n1. The third-order valence-electron chi connectivity index (χ3n) is 3.89. The molecule has 1 aromatic heterocycles. The van der Waals surface area contributed by atoms with Gasteiger partial charge in [0.25, 0.3) is 0 Å². The molecule has 1 aliphatic rings. The number of carboxylic acids is 1. The summed E-state index contributed by atoms with van der Waals surface area (Å²) in [6, 6.07) is 8.62. The van der Waals surface area contributed by atoms with Crippen molar-refractivity contribution in [3.8, 4) is 0 Å². The number of anilines is 3. The summed E-state index contributed by atoms with van der Waals surface area (Å²) in [4.78, 5) is 22.3. The molecule has 1 saturated heterocycles. The summed E-state index contributed by atoms with van der Waals surface area (Å²) in [5.74, 6) is 1.36. The number of piperidine rings is 1. The summed E-state index contributed by atoms with van der Waals surface area (Å²) in [6.07, 6.45) is 3.65. The van der Waals surface area contributed by atoms with E-state index < -0.39 is 5.97 Å². The molecule has 3 rings (SSSR count). The maximum Gasteiger partial charge on any atom is 0.335 e. The number of nitrogens with zero attached hydrogens (tertiary/aromatic N) is 3. The van der Waals surface area contributed by atoms with Crippen LogP contribution in [0.1, 0.15) is 35.4 Å². The van der Waals surface area contributed by atoms with Gasteiger partial charge in [0, 0.05) is 24.8 Å². The van der Waals surface area contributed by atoms with Crippen LogP contribution in [-0.4, -0.2) is 34.1 Å². The van der Waals surface area contributed by atoms with Crippen molar-refractivity contribution in [3.63, 3.8) is 0 Å². The summed E-state index contributed by atoms with van der Waals surface area (Å²) >= 11 is 0. The highest BCUT2D eigenvalue weighted by Crippen LogP contribution is 2.23. The fourth-order valence-electron chi connectivity index (χ4n) is 2.78. The lowest BCUT2D eigenvalue weighted by molar-refractivity contribution is 0.0697. The molecule has 1 fully saturated rings.